The molecule has 0 aromatic rings. The minimum Gasteiger partial charge on any atom is -0.389 e. The number of hydrogen-bond donors (Lipinski definition) is 2. The zero-order valence-corrected chi connectivity index (χ0v) is 9.90. The van der Waals surface area contributed by atoms with Gasteiger partial charge in [-0.05, 0) is 25.7 Å². The number of aliphatic hydroxyl groups is 1. The molecule has 0 heterocycles. The van der Waals surface area contributed by atoms with Crippen LogP contribution in [0.4, 0.5) is 0 Å². The highest BCUT2D eigenvalue weighted by molar-refractivity contribution is 7.90. The second-order valence-corrected chi connectivity index (χ2v) is 6.27. The van der Waals surface area contributed by atoms with E-state index in [2.05, 4.69) is 0 Å². The lowest BCUT2D eigenvalue weighted by molar-refractivity contribution is 0.0211. The molecule has 1 saturated carbocycles. The van der Waals surface area contributed by atoms with Crippen LogP contribution in [-0.2, 0) is 9.84 Å². The Morgan fingerprint density at radius 3 is 2.21 bits per heavy atom. The molecule has 1 rings (SSSR count). The number of rotatable bonds is 2. The maximum atomic E-state index is 11.0. The van der Waals surface area contributed by atoms with Crippen LogP contribution >= 0.6 is 12.4 Å². The summed E-state index contributed by atoms with van der Waals surface area (Å²) in [6.45, 7) is 0. The second kappa shape index (κ2) is 4.79. The highest BCUT2D eigenvalue weighted by Crippen LogP contribution is 2.28. The van der Waals surface area contributed by atoms with Gasteiger partial charge in [-0.1, -0.05) is 0 Å². The van der Waals surface area contributed by atoms with Crippen molar-refractivity contribution in [2.24, 2.45) is 5.73 Å². The van der Waals surface area contributed by atoms with Gasteiger partial charge in [0.05, 0.1) is 11.4 Å². The molecule has 0 amide bonds. The zero-order valence-electron chi connectivity index (χ0n) is 8.27. The van der Waals surface area contributed by atoms with E-state index in [1.54, 1.807) is 0 Å². The van der Waals surface area contributed by atoms with Crippen molar-refractivity contribution in [3.8, 4) is 0 Å². The Morgan fingerprint density at radius 1 is 1.43 bits per heavy atom. The van der Waals surface area contributed by atoms with Gasteiger partial charge in [0, 0.05) is 12.3 Å². The van der Waals surface area contributed by atoms with Crippen molar-refractivity contribution in [3.05, 3.63) is 0 Å². The molecular formula is C8H18ClNO3S. The molecule has 4 nitrogen and oxygen atoms in total. The Morgan fingerprint density at radius 2 is 1.86 bits per heavy atom. The lowest BCUT2D eigenvalue weighted by Crippen LogP contribution is -2.43. The molecule has 14 heavy (non-hydrogen) atoms. The third kappa shape index (κ3) is 4.59. The normalized spacial score (nSPS) is 33.5. The van der Waals surface area contributed by atoms with Crippen LogP contribution in [0.25, 0.3) is 0 Å². The van der Waals surface area contributed by atoms with E-state index in [9.17, 15) is 13.5 Å². The summed E-state index contributed by atoms with van der Waals surface area (Å²) in [6.07, 6.45) is 3.58. The lowest BCUT2D eigenvalue weighted by atomic mass is 9.84. The van der Waals surface area contributed by atoms with Gasteiger partial charge in [0.25, 0.3) is 0 Å². The van der Waals surface area contributed by atoms with E-state index in [1.807, 2.05) is 0 Å². The Kier molecular flexibility index (Phi) is 4.84. The highest BCUT2D eigenvalue weighted by atomic mass is 35.5. The summed E-state index contributed by atoms with van der Waals surface area (Å²) in [7, 11) is -3.09. The SMILES string of the molecule is CS(=O)(=O)C[C@]1(O)CC[C@@H](N)CC1.Cl. The third-order valence-electron chi connectivity index (χ3n) is 2.49. The van der Waals surface area contributed by atoms with Crippen molar-refractivity contribution in [2.45, 2.75) is 37.3 Å². The molecule has 0 aromatic carbocycles. The zero-order chi connectivity index (χ0) is 10.1. The number of halogens is 1. The van der Waals surface area contributed by atoms with E-state index in [-0.39, 0.29) is 24.2 Å². The summed E-state index contributed by atoms with van der Waals surface area (Å²) in [5.41, 5.74) is 4.63. The molecular weight excluding hydrogens is 226 g/mol. The van der Waals surface area contributed by atoms with E-state index in [4.69, 9.17) is 5.73 Å². The van der Waals surface area contributed by atoms with Crippen molar-refractivity contribution < 1.29 is 13.5 Å². The summed E-state index contributed by atoms with van der Waals surface area (Å²) < 4.78 is 22.0. The third-order valence-corrected chi connectivity index (χ3v) is 3.55. The average Bonchev–Trinajstić information content (AvgIpc) is 1.92. The Hall–Kier alpha value is 0.160. The highest BCUT2D eigenvalue weighted by Gasteiger charge is 2.34. The quantitative estimate of drug-likeness (QED) is 0.720. The van der Waals surface area contributed by atoms with Gasteiger partial charge >= 0.3 is 0 Å². The predicted molar refractivity (Wildman–Crippen MR) is 58.4 cm³/mol. The fraction of sp³-hybridized carbons (Fsp3) is 1.00. The molecule has 6 heteroatoms. The second-order valence-electron chi connectivity index (χ2n) is 4.13. The molecule has 3 N–H and O–H groups in total. The summed E-state index contributed by atoms with van der Waals surface area (Å²) in [5, 5.41) is 9.89. The first-order chi connectivity index (χ1) is 5.81. The molecule has 0 spiro atoms. The lowest BCUT2D eigenvalue weighted by Gasteiger charge is -2.33. The van der Waals surface area contributed by atoms with E-state index >= 15 is 0 Å². The van der Waals surface area contributed by atoms with Crippen LogP contribution in [-0.4, -0.2) is 37.2 Å². The Labute approximate surface area is 91.2 Å². The van der Waals surface area contributed by atoms with Gasteiger partial charge in [0.2, 0.25) is 0 Å². The Bertz CT molecular complexity index is 270. The van der Waals surface area contributed by atoms with Crippen molar-refractivity contribution in [2.75, 3.05) is 12.0 Å². The molecule has 0 aromatic heterocycles. The summed E-state index contributed by atoms with van der Waals surface area (Å²) in [5.74, 6) is -0.132. The maximum Gasteiger partial charge on any atom is 0.150 e. The molecule has 1 fully saturated rings. The first kappa shape index (κ1) is 14.2. The summed E-state index contributed by atoms with van der Waals surface area (Å²) in [6, 6.07) is 0.125. The number of hydrogen-bond acceptors (Lipinski definition) is 4. The van der Waals surface area contributed by atoms with Crippen molar-refractivity contribution in [1.82, 2.24) is 0 Å². The molecule has 1 aliphatic rings. The minimum absolute atomic E-state index is 0. The van der Waals surface area contributed by atoms with Crippen molar-refractivity contribution in [1.29, 1.82) is 0 Å². The predicted octanol–water partition coefficient (Wildman–Crippen LogP) is 0.0852. The van der Waals surface area contributed by atoms with Gasteiger partial charge in [0.15, 0.2) is 0 Å². The van der Waals surface area contributed by atoms with Crippen molar-refractivity contribution in [3.63, 3.8) is 0 Å². The smallest absolute Gasteiger partial charge is 0.150 e. The standard InChI is InChI=1S/C8H17NO3S.ClH/c1-13(11,12)6-8(10)4-2-7(9)3-5-8;/h7,10H,2-6,9H2,1H3;1H/t7-,8+;. The maximum absolute atomic E-state index is 11.0. The molecule has 0 saturated heterocycles. The topological polar surface area (TPSA) is 80.4 Å². The number of sulfone groups is 1. The fourth-order valence-corrected chi connectivity index (χ4v) is 3.07. The van der Waals surface area contributed by atoms with Crippen LogP contribution < -0.4 is 5.73 Å². The summed E-state index contributed by atoms with van der Waals surface area (Å²) >= 11 is 0. The van der Waals surface area contributed by atoms with Gasteiger partial charge in [-0.25, -0.2) is 8.42 Å². The van der Waals surface area contributed by atoms with Crippen LogP contribution in [0.2, 0.25) is 0 Å². The van der Waals surface area contributed by atoms with Crippen molar-refractivity contribution >= 4 is 22.2 Å². The van der Waals surface area contributed by atoms with Gasteiger partial charge < -0.3 is 10.8 Å². The van der Waals surface area contributed by atoms with E-state index in [1.165, 1.54) is 0 Å². The van der Waals surface area contributed by atoms with E-state index < -0.39 is 15.4 Å². The molecule has 86 valence electrons. The summed E-state index contributed by atoms with van der Waals surface area (Å²) in [4.78, 5) is 0. The van der Waals surface area contributed by atoms with Crippen LogP contribution in [0.3, 0.4) is 0 Å². The molecule has 0 bridgehead atoms. The van der Waals surface area contributed by atoms with Crippen LogP contribution in [0, 0.1) is 0 Å². The van der Waals surface area contributed by atoms with Gasteiger partial charge in [-0.3, -0.25) is 0 Å². The average molecular weight is 244 g/mol. The molecule has 0 atom stereocenters. The van der Waals surface area contributed by atoms with Gasteiger partial charge in [-0.15, -0.1) is 12.4 Å². The van der Waals surface area contributed by atoms with Crippen LogP contribution in [0.5, 0.6) is 0 Å². The molecule has 0 aliphatic heterocycles. The van der Waals surface area contributed by atoms with Gasteiger partial charge in [-0.2, -0.15) is 0 Å². The minimum atomic E-state index is -3.09. The monoisotopic (exact) mass is 243 g/mol. The molecule has 1 aliphatic carbocycles. The van der Waals surface area contributed by atoms with E-state index in [0.717, 1.165) is 6.26 Å². The fourth-order valence-electron chi connectivity index (χ4n) is 1.81. The van der Waals surface area contributed by atoms with E-state index in [0.29, 0.717) is 25.7 Å². The Balaban J connectivity index is 0.00000169. The molecule has 0 unspecified atom stereocenters. The largest absolute Gasteiger partial charge is 0.389 e. The first-order valence-electron chi connectivity index (χ1n) is 4.46. The first-order valence-corrected chi connectivity index (χ1v) is 6.52. The number of nitrogens with two attached hydrogens (primary N) is 1. The van der Waals surface area contributed by atoms with Crippen LogP contribution in [0.1, 0.15) is 25.7 Å². The van der Waals surface area contributed by atoms with Gasteiger partial charge in [0.1, 0.15) is 9.84 Å². The molecule has 0 radical (unpaired) electrons. The van der Waals surface area contributed by atoms with Crippen LogP contribution in [0.15, 0.2) is 0 Å².